The van der Waals surface area contributed by atoms with Crippen molar-refractivity contribution in [3.63, 3.8) is 0 Å². The second-order valence-corrected chi connectivity index (χ2v) is 3.71. The number of fused-ring (bicyclic) bond motifs is 1. The molecule has 1 aliphatic carbocycles. The Labute approximate surface area is 78.7 Å². The summed E-state index contributed by atoms with van der Waals surface area (Å²) >= 11 is 0. The minimum atomic E-state index is 0.377. The summed E-state index contributed by atoms with van der Waals surface area (Å²) in [7, 11) is 3.87. The molecule has 0 amide bonds. The fraction of sp³-hybridized carbons (Fsp3) is 0.700. The van der Waals surface area contributed by atoms with E-state index in [0.717, 1.165) is 25.1 Å². The van der Waals surface area contributed by atoms with Crippen LogP contribution in [-0.4, -0.2) is 22.8 Å². The molecule has 0 fully saturated rings. The molecule has 1 aromatic heterocycles. The van der Waals surface area contributed by atoms with Crippen LogP contribution < -0.4 is 0 Å². The summed E-state index contributed by atoms with van der Waals surface area (Å²) < 4.78 is 7.54. The zero-order valence-corrected chi connectivity index (χ0v) is 8.50. The molecule has 3 heteroatoms. The van der Waals surface area contributed by atoms with Crippen LogP contribution in [0, 0.1) is 6.92 Å². The molecular weight excluding hydrogens is 164 g/mol. The van der Waals surface area contributed by atoms with Crippen molar-refractivity contribution in [1.82, 2.24) is 9.55 Å². The van der Waals surface area contributed by atoms with E-state index in [4.69, 9.17) is 4.74 Å². The Morgan fingerprint density at radius 2 is 2.31 bits per heavy atom. The zero-order chi connectivity index (χ0) is 9.42. The van der Waals surface area contributed by atoms with Crippen LogP contribution in [0.2, 0.25) is 0 Å². The Morgan fingerprint density at radius 1 is 1.54 bits per heavy atom. The van der Waals surface area contributed by atoms with Crippen LogP contribution in [0.4, 0.5) is 0 Å². The largest absolute Gasteiger partial charge is 0.381 e. The average molecular weight is 180 g/mol. The lowest BCUT2D eigenvalue weighted by atomic mass is 9.98. The smallest absolute Gasteiger partial charge is 0.105 e. The third-order valence-electron chi connectivity index (χ3n) is 2.98. The molecule has 0 aliphatic heterocycles. The highest BCUT2D eigenvalue weighted by molar-refractivity contribution is 5.20. The molecule has 13 heavy (non-hydrogen) atoms. The molecule has 0 saturated heterocycles. The van der Waals surface area contributed by atoms with E-state index in [9.17, 15) is 0 Å². The van der Waals surface area contributed by atoms with E-state index in [-0.39, 0.29) is 0 Å². The number of methoxy groups -OCH3 is 1. The normalized spacial score (nSPS) is 21.6. The van der Waals surface area contributed by atoms with Crippen LogP contribution in [0.1, 0.15) is 23.6 Å². The summed E-state index contributed by atoms with van der Waals surface area (Å²) in [5, 5.41) is 0. The van der Waals surface area contributed by atoms with Gasteiger partial charge in [-0.15, -0.1) is 0 Å². The fourth-order valence-corrected chi connectivity index (χ4v) is 2.02. The Morgan fingerprint density at radius 3 is 3.00 bits per heavy atom. The van der Waals surface area contributed by atoms with Crippen molar-refractivity contribution in [1.29, 1.82) is 0 Å². The summed E-state index contributed by atoms with van der Waals surface area (Å²) in [4.78, 5) is 4.53. The van der Waals surface area contributed by atoms with Crippen LogP contribution in [0.3, 0.4) is 0 Å². The van der Waals surface area contributed by atoms with E-state index in [1.54, 1.807) is 7.11 Å². The van der Waals surface area contributed by atoms with Crippen LogP contribution in [-0.2, 0) is 24.6 Å². The van der Waals surface area contributed by atoms with Crippen LogP contribution in [0.5, 0.6) is 0 Å². The maximum atomic E-state index is 5.35. The zero-order valence-electron chi connectivity index (χ0n) is 8.50. The van der Waals surface area contributed by atoms with Gasteiger partial charge in [0.15, 0.2) is 0 Å². The molecule has 0 spiro atoms. The molecule has 0 N–H and O–H groups in total. The van der Waals surface area contributed by atoms with Gasteiger partial charge in [0.1, 0.15) is 5.82 Å². The Bertz CT molecular complexity index is 317. The van der Waals surface area contributed by atoms with Gasteiger partial charge in [-0.05, 0) is 19.8 Å². The van der Waals surface area contributed by atoms with Crippen molar-refractivity contribution in [3.8, 4) is 0 Å². The summed E-state index contributed by atoms with van der Waals surface area (Å²) in [6, 6.07) is 0. The van der Waals surface area contributed by atoms with E-state index in [0.29, 0.717) is 6.10 Å². The van der Waals surface area contributed by atoms with Gasteiger partial charge in [-0.1, -0.05) is 0 Å². The van der Waals surface area contributed by atoms with E-state index >= 15 is 0 Å². The van der Waals surface area contributed by atoms with Crippen LogP contribution >= 0.6 is 0 Å². The SMILES string of the molecule is COC1CCc2c(nc(C)n2C)C1. The molecule has 1 heterocycles. The maximum Gasteiger partial charge on any atom is 0.105 e. The second-order valence-electron chi connectivity index (χ2n) is 3.71. The number of rotatable bonds is 1. The summed E-state index contributed by atoms with van der Waals surface area (Å²) in [5.74, 6) is 1.11. The first kappa shape index (κ1) is 8.75. The van der Waals surface area contributed by atoms with Gasteiger partial charge < -0.3 is 9.30 Å². The highest BCUT2D eigenvalue weighted by Crippen LogP contribution is 2.22. The number of imidazole rings is 1. The highest BCUT2D eigenvalue weighted by Gasteiger charge is 2.22. The quantitative estimate of drug-likeness (QED) is 0.650. The number of hydrogen-bond donors (Lipinski definition) is 0. The van der Waals surface area contributed by atoms with E-state index in [1.807, 2.05) is 0 Å². The predicted octanol–water partition coefficient (Wildman–Crippen LogP) is 1.23. The van der Waals surface area contributed by atoms with Crippen molar-refractivity contribution in [3.05, 3.63) is 17.2 Å². The first-order valence-electron chi connectivity index (χ1n) is 4.76. The van der Waals surface area contributed by atoms with Gasteiger partial charge in [0.25, 0.3) is 0 Å². The molecule has 3 nitrogen and oxygen atoms in total. The van der Waals surface area contributed by atoms with Gasteiger partial charge in [0.05, 0.1) is 11.8 Å². The van der Waals surface area contributed by atoms with Crippen molar-refractivity contribution in [2.75, 3.05) is 7.11 Å². The number of aryl methyl sites for hydroxylation is 1. The van der Waals surface area contributed by atoms with Crippen molar-refractivity contribution >= 4 is 0 Å². The minimum Gasteiger partial charge on any atom is -0.381 e. The van der Waals surface area contributed by atoms with Gasteiger partial charge in [-0.25, -0.2) is 4.98 Å². The Balaban J connectivity index is 2.31. The lowest BCUT2D eigenvalue weighted by Gasteiger charge is -2.20. The summed E-state index contributed by atoms with van der Waals surface area (Å²) in [6.45, 7) is 2.06. The van der Waals surface area contributed by atoms with Gasteiger partial charge in [-0.3, -0.25) is 0 Å². The maximum absolute atomic E-state index is 5.35. The standard InChI is InChI=1S/C10H16N2O/c1-7-11-9-6-8(13-3)4-5-10(9)12(7)2/h8H,4-6H2,1-3H3. The molecule has 1 atom stereocenters. The van der Waals surface area contributed by atoms with E-state index in [1.165, 1.54) is 11.4 Å². The summed E-state index contributed by atoms with van der Waals surface area (Å²) in [6.07, 6.45) is 3.59. The third-order valence-corrected chi connectivity index (χ3v) is 2.98. The summed E-state index contributed by atoms with van der Waals surface area (Å²) in [5.41, 5.74) is 2.63. The highest BCUT2D eigenvalue weighted by atomic mass is 16.5. The molecule has 72 valence electrons. The lowest BCUT2D eigenvalue weighted by molar-refractivity contribution is 0.0896. The molecule has 1 aliphatic rings. The van der Waals surface area contributed by atoms with Crippen molar-refractivity contribution in [2.45, 2.75) is 32.3 Å². The average Bonchev–Trinajstić information content (AvgIpc) is 2.42. The van der Waals surface area contributed by atoms with E-state index < -0.39 is 0 Å². The molecule has 0 bridgehead atoms. The minimum absolute atomic E-state index is 0.377. The second kappa shape index (κ2) is 3.14. The van der Waals surface area contributed by atoms with Gasteiger partial charge in [0, 0.05) is 26.3 Å². The third kappa shape index (κ3) is 1.37. The molecule has 0 saturated carbocycles. The molecule has 1 unspecified atom stereocenters. The van der Waals surface area contributed by atoms with Crippen molar-refractivity contribution < 1.29 is 4.74 Å². The predicted molar refractivity (Wildman–Crippen MR) is 50.8 cm³/mol. The first-order chi connectivity index (χ1) is 6.22. The molecule has 0 aromatic carbocycles. The monoisotopic (exact) mass is 180 g/mol. The number of nitrogens with zero attached hydrogens (tertiary/aromatic N) is 2. The number of ether oxygens (including phenoxy) is 1. The van der Waals surface area contributed by atoms with Crippen LogP contribution in [0.25, 0.3) is 0 Å². The van der Waals surface area contributed by atoms with Gasteiger partial charge in [0.2, 0.25) is 0 Å². The Hall–Kier alpha value is -0.830. The molecule has 0 radical (unpaired) electrons. The van der Waals surface area contributed by atoms with Gasteiger partial charge >= 0.3 is 0 Å². The number of aromatic nitrogens is 2. The van der Waals surface area contributed by atoms with Gasteiger partial charge in [-0.2, -0.15) is 0 Å². The topological polar surface area (TPSA) is 27.1 Å². The molecule has 2 rings (SSSR count). The fourth-order valence-electron chi connectivity index (χ4n) is 2.02. The Kier molecular flexibility index (Phi) is 2.12. The van der Waals surface area contributed by atoms with Crippen molar-refractivity contribution in [2.24, 2.45) is 7.05 Å². The van der Waals surface area contributed by atoms with E-state index in [2.05, 4.69) is 23.5 Å². The lowest BCUT2D eigenvalue weighted by Crippen LogP contribution is -2.21. The number of hydrogen-bond acceptors (Lipinski definition) is 2. The molecule has 1 aromatic rings. The first-order valence-corrected chi connectivity index (χ1v) is 4.76. The van der Waals surface area contributed by atoms with Crippen LogP contribution in [0.15, 0.2) is 0 Å². The molecular formula is C10H16N2O.